The van der Waals surface area contributed by atoms with Gasteiger partial charge >= 0.3 is 0 Å². The molecule has 27 heavy (non-hydrogen) atoms. The average molecular weight is 386 g/mol. The minimum absolute atomic E-state index is 0.686. The van der Waals surface area contributed by atoms with Crippen molar-refractivity contribution < 1.29 is 4.42 Å². The number of hydrogen-bond acceptors (Lipinski definition) is 4. The van der Waals surface area contributed by atoms with Crippen molar-refractivity contribution >= 4 is 17.3 Å². The van der Waals surface area contributed by atoms with Crippen LogP contribution in [0.1, 0.15) is 28.4 Å². The van der Waals surface area contributed by atoms with Crippen molar-refractivity contribution in [2.24, 2.45) is 4.99 Å². The Balaban J connectivity index is 1.47. The summed E-state index contributed by atoms with van der Waals surface area (Å²) < 4.78 is 7.45. The quantitative estimate of drug-likeness (QED) is 0.336. The molecule has 0 aromatic carbocycles. The highest BCUT2D eigenvalue weighted by Crippen LogP contribution is 2.09. The number of aliphatic imine (C=N–C) groups is 1. The second kappa shape index (κ2) is 9.97. The molecule has 0 aliphatic carbocycles. The predicted octanol–water partition coefficient (Wildman–Crippen LogP) is 3.52. The van der Waals surface area contributed by atoms with E-state index in [0.717, 1.165) is 49.9 Å². The van der Waals surface area contributed by atoms with E-state index >= 15 is 0 Å². The summed E-state index contributed by atoms with van der Waals surface area (Å²) in [5.41, 5.74) is 2.27. The molecule has 3 aromatic rings. The SMILES string of the molecule is Cc1cc(C)n(CCCNC(=NCc2cccs2)NCCc2ccco2)n1. The maximum atomic E-state index is 5.39. The number of aromatic nitrogens is 2. The van der Waals surface area contributed by atoms with Crippen LogP contribution in [0.5, 0.6) is 0 Å². The first-order valence-electron chi connectivity index (χ1n) is 9.29. The Morgan fingerprint density at radius 2 is 2.11 bits per heavy atom. The fourth-order valence-corrected chi connectivity index (χ4v) is 3.46. The van der Waals surface area contributed by atoms with Gasteiger partial charge in [0, 0.05) is 36.6 Å². The van der Waals surface area contributed by atoms with E-state index in [9.17, 15) is 0 Å². The molecule has 0 aliphatic heterocycles. The van der Waals surface area contributed by atoms with Crippen LogP contribution in [0.3, 0.4) is 0 Å². The normalized spacial score (nSPS) is 11.7. The van der Waals surface area contributed by atoms with E-state index in [0.29, 0.717) is 6.54 Å². The highest BCUT2D eigenvalue weighted by molar-refractivity contribution is 7.09. The summed E-state index contributed by atoms with van der Waals surface area (Å²) in [6.07, 6.45) is 3.52. The lowest BCUT2D eigenvalue weighted by molar-refractivity contribution is 0.506. The largest absolute Gasteiger partial charge is 0.469 e. The zero-order valence-corrected chi connectivity index (χ0v) is 16.8. The molecular formula is C20H27N5OS. The summed E-state index contributed by atoms with van der Waals surface area (Å²) >= 11 is 1.73. The van der Waals surface area contributed by atoms with Gasteiger partial charge in [-0.15, -0.1) is 11.3 Å². The Morgan fingerprint density at radius 3 is 2.81 bits per heavy atom. The van der Waals surface area contributed by atoms with Gasteiger partial charge in [-0.05, 0) is 49.9 Å². The minimum Gasteiger partial charge on any atom is -0.469 e. The van der Waals surface area contributed by atoms with Gasteiger partial charge < -0.3 is 15.1 Å². The molecule has 0 atom stereocenters. The molecule has 3 heterocycles. The molecule has 0 fully saturated rings. The Labute approximate surface area is 164 Å². The van der Waals surface area contributed by atoms with E-state index in [1.165, 1.54) is 10.6 Å². The number of nitrogens with one attached hydrogen (secondary N) is 2. The Morgan fingerprint density at radius 1 is 1.22 bits per heavy atom. The van der Waals surface area contributed by atoms with Gasteiger partial charge in [0.15, 0.2) is 5.96 Å². The number of guanidine groups is 1. The summed E-state index contributed by atoms with van der Waals surface area (Å²) in [6, 6.07) is 10.2. The van der Waals surface area contributed by atoms with Crippen molar-refractivity contribution in [1.29, 1.82) is 0 Å². The molecule has 0 aliphatic rings. The smallest absolute Gasteiger partial charge is 0.191 e. The van der Waals surface area contributed by atoms with Gasteiger partial charge in [-0.3, -0.25) is 4.68 Å². The molecule has 0 spiro atoms. The maximum Gasteiger partial charge on any atom is 0.191 e. The summed E-state index contributed by atoms with van der Waals surface area (Å²) in [7, 11) is 0. The van der Waals surface area contributed by atoms with Crippen LogP contribution in [-0.2, 0) is 19.5 Å². The second-order valence-corrected chi connectivity index (χ2v) is 7.46. The van der Waals surface area contributed by atoms with E-state index in [1.54, 1.807) is 17.6 Å². The topological polar surface area (TPSA) is 67.4 Å². The van der Waals surface area contributed by atoms with Gasteiger partial charge in [0.1, 0.15) is 5.76 Å². The van der Waals surface area contributed by atoms with E-state index in [-0.39, 0.29) is 0 Å². The lowest BCUT2D eigenvalue weighted by Crippen LogP contribution is -2.39. The van der Waals surface area contributed by atoms with Crippen LogP contribution in [0.2, 0.25) is 0 Å². The van der Waals surface area contributed by atoms with Crippen LogP contribution in [0.4, 0.5) is 0 Å². The Hall–Kier alpha value is -2.54. The van der Waals surface area contributed by atoms with Crippen molar-refractivity contribution in [3.63, 3.8) is 0 Å². The molecule has 0 saturated heterocycles. The lowest BCUT2D eigenvalue weighted by Gasteiger charge is -2.12. The number of rotatable bonds is 9. The fourth-order valence-electron chi connectivity index (χ4n) is 2.83. The summed E-state index contributed by atoms with van der Waals surface area (Å²) in [5, 5.41) is 13.4. The third-order valence-electron chi connectivity index (χ3n) is 4.16. The second-order valence-electron chi connectivity index (χ2n) is 6.43. The lowest BCUT2D eigenvalue weighted by atomic mass is 10.3. The number of aryl methyl sites for hydroxylation is 3. The highest BCUT2D eigenvalue weighted by Gasteiger charge is 2.03. The number of thiophene rings is 1. The highest BCUT2D eigenvalue weighted by atomic mass is 32.1. The summed E-state index contributed by atoms with van der Waals surface area (Å²) in [6.45, 7) is 7.33. The predicted molar refractivity (Wildman–Crippen MR) is 110 cm³/mol. The summed E-state index contributed by atoms with van der Waals surface area (Å²) in [4.78, 5) is 5.96. The van der Waals surface area contributed by atoms with Crippen LogP contribution in [0, 0.1) is 13.8 Å². The maximum absolute atomic E-state index is 5.39. The first-order valence-corrected chi connectivity index (χ1v) is 10.2. The van der Waals surface area contributed by atoms with Crippen molar-refractivity contribution in [2.75, 3.05) is 13.1 Å². The molecule has 0 saturated carbocycles. The molecule has 3 rings (SSSR count). The molecule has 0 radical (unpaired) electrons. The van der Waals surface area contributed by atoms with Gasteiger partial charge in [-0.25, -0.2) is 4.99 Å². The summed E-state index contributed by atoms with van der Waals surface area (Å²) in [5.74, 6) is 1.81. The third-order valence-corrected chi connectivity index (χ3v) is 5.02. The zero-order valence-electron chi connectivity index (χ0n) is 15.9. The number of furan rings is 1. The van der Waals surface area contributed by atoms with Crippen molar-refractivity contribution in [3.05, 3.63) is 64.0 Å². The van der Waals surface area contributed by atoms with E-state index in [1.807, 2.05) is 19.1 Å². The molecule has 0 unspecified atom stereocenters. The van der Waals surface area contributed by atoms with E-state index in [2.05, 4.69) is 50.9 Å². The van der Waals surface area contributed by atoms with Gasteiger partial charge in [0.2, 0.25) is 0 Å². The van der Waals surface area contributed by atoms with Crippen LogP contribution in [0.25, 0.3) is 0 Å². The first kappa shape index (κ1) is 19.2. The van der Waals surface area contributed by atoms with Gasteiger partial charge in [0.25, 0.3) is 0 Å². The minimum atomic E-state index is 0.686. The van der Waals surface area contributed by atoms with Crippen LogP contribution < -0.4 is 10.6 Å². The van der Waals surface area contributed by atoms with Gasteiger partial charge in [-0.2, -0.15) is 5.10 Å². The van der Waals surface area contributed by atoms with Gasteiger partial charge in [-0.1, -0.05) is 6.07 Å². The monoisotopic (exact) mass is 385 g/mol. The number of hydrogen-bond donors (Lipinski definition) is 2. The standard InChI is InChI=1S/C20H27N5OS/c1-16-14-17(2)25(24-16)11-5-9-21-20(23-15-19-7-4-13-27-19)22-10-8-18-6-3-12-26-18/h3-4,6-7,12-14H,5,8-11,15H2,1-2H3,(H2,21,22,23). The van der Waals surface area contributed by atoms with Crippen molar-refractivity contribution in [1.82, 2.24) is 20.4 Å². The van der Waals surface area contributed by atoms with E-state index < -0.39 is 0 Å². The molecule has 6 nitrogen and oxygen atoms in total. The first-order chi connectivity index (χ1) is 13.2. The molecule has 7 heteroatoms. The Kier molecular flexibility index (Phi) is 7.10. The zero-order chi connectivity index (χ0) is 18.9. The Bertz CT molecular complexity index is 821. The molecule has 0 bridgehead atoms. The van der Waals surface area contributed by atoms with Crippen molar-refractivity contribution in [3.8, 4) is 0 Å². The molecule has 0 amide bonds. The van der Waals surface area contributed by atoms with Crippen LogP contribution >= 0.6 is 11.3 Å². The fraction of sp³-hybridized carbons (Fsp3) is 0.400. The van der Waals surface area contributed by atoms with Gasteiger partial charge in [0.05, 0.1) is 18.5 Å². The number of nitrogens with zero attached hydrogens (tertiary/aromatic N) is 3. The van der Waals surface area contributed by atoms with E-state index in [4.69, 9.17) is 9.41 Å². The molecule has 3 aromatic heterocycles. The molecule has 144 valence electrons. The third kappa shape index (κ3) is 6.29. The molecular weight excluding hydrogens is 358 g/mol. The average Bonchev–Trinajstić information content (AvgIpc) is 3.39. The molecule has 2 N–H and O–H groups in total. The van der Waals surface area contributed by atoms with Crippen LogP contribution in [-0.4, -0.2) is 28.8 Å². The van der Waals surface area contributed by atoms with Crippen LogP contribution in [0.15, 0.2) is 51.4 Å². The van der Waals surface area contributed by atoms with Crippen molar-refractivity contribution in [2.45, 2.75) is 39.8 Å².